The number of nitrogens with zero attached hydrogens (tertiary/aromatic N) is 2. The highest BCUT2D eigenvalue weighted by Crippen LogP contribution is 2.37. The number of carbonyl (C=O) groups excluding carboxylic acids is 2. The van der Waals surface area contributed by atoms with E-state index in [1.54, 1.807) is 18.1 Å². The molecule has 2 aliphatic rings. The average molecular weight is 365 g/mol. The number of amides is 2. The monoisotopic (exact) mass is 364 g/mol. The van der Waals surface area contributed by atoms with Gasteiger partial charge in [-0.15, -0.1) is 0 Å². The molecule has 136 valence electrons. The van der Waals surface area contributed by atoms with Crippen molar-refractivity contribution in [3.63, 3.8) is 0 Å². The number of benzene rings is 1. The highest BCUT2D eigenvalue weighted by atomic mass is 35.5. The van der Waals surface area contributed by atoms with Crippen LogP contribution in [0.15, 0.2) is 12.1 Å². The molecule has 0 saturated carbocycles. The predicted molar refractivity (Wildman–Crippen MR) is 98.2 cm³/mol. The van der Waals surface area contributed by atoms with Gasteiger partial charge in [-0.1, -0.05) is 24.4 Å². The Morgan fingerprint density at radius 3 is 2.52 bits per heavy atom. The molecule has 1 aromatic carbocycles. The lowest BCUT2D eigenvalue weighted by Crippen LogP contribution is -2.38. The number of hydrogen-bond acceptors (Lipinski definition) is 3. The lowest BCUT2D eigenvalue weighted by Gasteiger charge is -2.24. The first kappa shape index (κ1) is 18.1. The van der Waals surface area contributed by atoms with E-state index < -0.39 is 0 Å². The zero-order chi connectivity index (χ0) is 18.0. The summed E-state index contributed by atoms with van der Waals surface area (Å²) in [5, 5.41) is 0.601. The van der Waals surface area contributed by atoms with Crippen molar-refractivity contribution in [2.75, 3.05) is 31.6 Å². The van der Waals surface area contributed by atoms with Crippen molar-refractivity contribution < 1.29 is 14.3 Å². The summed E-state index contributed by atoms with van der Waals surface area (Å²) in [4.78, 5) is 29.0. The second-order valence-corrected chi connectivity index (χ2v) is 7.33. The standard InChI is InChI=1S/C19H25ClN2O3/c1-13-9-16(17(25-2)11-15(13)20)22-12-14(10-18(22)23)19(24)21-7-5-3-4-6-8-21/h9,11,14H,3-8,10,12H2,1-2H3. The Kier molecular flexibility index (Phi) is 5.52. The third-order valence-electron chi connectivity index (χ3n) is 5.14. The van der Waals surface area contributed by atoms with Crippen LogP contribution >= 0.6 is 11.6 Å². The van der Waals surface area contributed by atoms with Crippen LogP contribution in [0.2, 0.25) is 5.02 Å². The fraction of sp³-hybridized carbons (Fsp3) is 0.579. The highest BCUT2D eigenvalue weighted by Gasteiger charge is 2.38. The average Bonchev–Trinajstić information content (AvgIpc) is 2.81. The van der Waals surface area contributed by atoms with Crippen molar-refractivity contribution in [1.29, 1.82) is 0 Å². The van der Waals surface area contributed by atoms with Gasteiger partial charge in [0.25, 0.3) is 0 Å². The molecule has 0 spiro atoms. The topological polar surface area (TPSA) is 49.9 Å². The molecule has 0 aromatic heterocycles. The number of aryl methyl sites for hydroxylation is 1. The summed E-state index contributed by atoms with van der Waals surface area (Å²) in [6, 6.07) is 3.58. The smallest absolute Gasteiger partial charge is 0.228 e. The summed E-state index contributed by atoms with van der Waals surface area (Å²) in [6.45, 7) is 3.93. The summed E-state index contributed by atoms with van der Waals surface area (Å²) in [7, 11) is 1.56. The lowest BCUT2D eigenvalue weighted by molar-refractivity contribution is -0.135. The number of methoxy groups -OCH3 is 1. The maximum Gasteiger partial charge on any atom is 0.228 e. The van der Waals surface area contributed by atoms with Crippen LogP contribution in [0, 0.1) is 12.8 Å². The number of anilines is 1. The predicted octanol–water partition coefficient (Wildman–Crippen LogP) is 3.41. The van der Waals surface area contributed by atoms with Crippen molar-refractivity contribution in [1.82, 2.24) is 4.90 Å². The van der Waals surface area contributed by atoms with Crippen LogP contribution in [-0.2, 0) is 9.59 Å². The van der Waals surface area contributed by atoms with Crippen LogP contribution in [0.4, 0.5) is 5.69 Å². The van der Waals surface area contributed by atoms with Gasteiger partial charge in [0.05, 0.1) is 18.7 Å². The number of hydrogen-bond donors (Lipinski definition) is 0. The van der Waals surface area contributed by atoms with Gasteiger partial charge in [-0.25, -0.2) is 0 Å². The molecule has 1 unspecified atom stereocenters. The van der Waals surface area contributed by atoms with Gasteiger partial charge >= 0.3 is 0 Å². The highest BCUT2D eigenvalue weighted by molar-refractivity contribution is 6.31. The molecule has 2 saturated heterocycles. The van der Waals surface area contributed by atoms with E-state index in [1.165, 1.54) is 12.8 Å². The number of likely N-dealkylation sites (tertiary alicyclic amines) is 1. The van der Waals surface area contributed by atoms with Gasteiger partial charge in [0.2, 0.25) is 11.8 Å². The lowest BCUT2D eigenvalue weighted by atomic mass is 10.1. The minimum Gasteiger partial charge on any atom is -0.495 e. The Labute approximate surface area is 153 Å². The molecule has 2 heterocycles. The molecule has 3 rings (SSSR count). The van der Waals surface area contributed by atoms with Crippen LogP contribution in [0.3, 0.4) is 0 Å². The van der Waals surface area contributed by atoms with Crippen LogP contribution in [0.5, 0.6) is 5.75 Å². The van der Waals surface area contributed by atoms with Gasteiger partial charge in [0, 0.05) is 37.1 Å². The molecule has 25 heavy (non-hydrogen) atoms. The molecule has 2 amide bonds. The first-order valence-corrected chi connectivity index (χ1v) is 9.32. The summed E-state index contributed by atoms with van der Waals surface area (Å²) in [5.41, 5.74) is 1.58. The van der Waals surface area contributed by atoms with E-state index in [1.807, 2.05) is 17.9 Å². The number of ether oxygens (including phenoxy) is 1. The number of rotatable bonds is 3. The molecule has 1 atom stereocenters. The molecule has 0 radical (unpaired) electrons. The zero-order valence-electron chi connectivity index (χ0n) is 14.9. The molecule has 1 aromatic rings. The quantitative estimate of drug-likeness (QED) is 0.825. The largest absolute Gasteiger partial charge is 0.495 e. The maximum atomic E-state index is 12.8. The maximum absolute atomic E-state index is 12.8. The van der Waals surface area contributed by atoms with Crippen molar-refractivity contribution in [2.24, 2.45) is 5.92 Å². The molecule has 2 aliphatic heterocycles. The van der Waals surface area contributed by atoms with Crippen molar-refractivity contribution in [3.8, 4) is 5.75 Å². The van der Waals surface area contributed by atoms with Crippen LogP contribution < -0.4 is 9.64 Å². The van der Waals surface area contributed by atoms with E-state index in [4.69, 9.17) is 16.3 Å². The van der Waals surface area contributed by atoms with Crippen LogP contribution in [-0.4, -0.2) is 43.5 Å². The Morgan fingerprint density at radius 1 is 1.20 bits per heavy atom. The first-order valence-electron chi connectivity index (χ1n) is 8.94. The SMILES string of the molecule is COc1cc(Cl)c(C)cc1N1CC(C(=O)N2CCCCCC2)CC1=O. The second-order valence-electron chi connectivity index (χ2n) is 6.92. The summed E-state index contributed by atoms with van der Waals surface area (Å²) < 4.78 is 5.40. The number of carbonyl (C=O) groups is 2. The number of halogens is 1. The first-order chi connectivity index (χ1) is 12.0. The van der Waals surface area contributed by atoms with E-state index in [9.17, 15) is 9.59 Å². The minimum atomic E-state index is -0.272. The molecule has 0 aliphatic carbocycles. The normalized spacial score (nSPS) is 21.4. The molecule has 2 fully saturated rings. The van der Waals surface area contributed by atoms with Gasteiger partial charge in [-0.3, -0.25) is 9.59 Å². The van der Waals surface area contributed by atoms with Crippen molar-refractivity contribution in [2.45, 2.75) is 39.0 Å². The van der Waals surface area contributed by atoms with Crippen LogP contribution in [0.1, 0.15) is 37.7 Å². The van der Waals surface area contributed by atoms with Gasteiger partial charge in [0.1, 0.15) is 5.75 Å². The van der Waals surface area contributed by atoms with Gasteiger partial charge in [-0.05, 0) is 31.4 Å². The van der Waals surface area contributed by atoms with E-state index in [2.05, 4.69) is 0 Å². The van der Waals surface area contributed by atoms with Crippen molar-refractivity contribution >= 4 is 29.1 Å². The Morgan fingerprint density at radius 2 is 1.88 bits per heavy atom. The molecular formula is C19H25ClN2O3. The van der Waals surface area contributed by atoms with Gasteiger partial charge in [0.15, 0.2) is 0 Å². The molecule has 0 bridgehead atoms. The molecule has 6 heteroatoms. The fourth-order valence-electron chi connectivity index (χ4n) is 3.68. The third kappa shape index (κ3) is 3.76. The Bertz CT molecular complexity index is 669. The van der Waals surface area contributed by atoms with Crippen LogP contribution in [0.25, 0.3) is 0 Å². The fourth-order valence-corrected chi connectivity index (χ4v) is 3.83. The van der Waals surface area contributed by atoms with E-state index in [0.717, 1.165) is 31.5 Å². The summed E-state index contributed by atoms with van der Waals surface area (Å²) in [6.07, 6.45) is 4.74. The summed E-state index contributed by atoms with van der Waals surface area (Å²) >= 11 is 6.16. The Balaban J connectivity index is 1.78. The second kappa shape index (κ2) is 7.65. The van der Waals surface area contributed by atoms with Gasteiger partial charge in [-0.2, -0.15) is 0 Å². The van der Waals surface area contributed by atoms with E-state index in [-0.39, 0.29) is 24.2 Å². The van der Waals surface area contributed by atoms with E-state index in [0.29, 0.717) is 23.0 Å². The van der Waals surface area contributed by atoms with Crippen molar-refractivity contribution in [3.05, 3.63) is 22.7 Å². The molecule has 5 nitrogen and oxygen atoms in total. The Hall–Kier alpha value is -1.75. The van der Waals surface area contributed by atoms with Gasteiger partial charge < -0.3 is 14.5 Å². The third-order valence-corrected chi connectivity index (χ3v) is 5.55. The zero-order valence-corrected chi connectivity index (χ0v) is 15.6. The van der Waals surface area contributed by atoms with E-state index >= 15 is 0 Å². The molecule has 0 N–H and O–H groups in total. The summed E-state index contributed by atoms with van der Waals surface area (Å²) in [5.74, 6) is 0.369. The minimum absolute atomic E-state index is 0.0341. The molecular weight excluding hydrogens is 340 g/mol.